The van der Waals surface area contributed by atoms with Gasteiger partial charge in [0.2, 0.25) is 0 Å². The second-order valence-electron chi connectivity index (χ2n) is 1.62. The Bertz CT molecular complexity index is 197. The standard InChI is InChI=1S/C3H9N3O3S/c4-6-5-2-1-3-10(7,8)9/h1-3H2,(H2,4,5)(H,7,8,9). The van der Waals surface area contributed by atoms with Crippen molar-refractivity contribution < 1.29 is 13.0 Å². The topological polar surface area (TPSA) is 105 Å². The maximum absolute atomic E-state index is 10.0. The van der Waals surface area contributed by atoms with E-state index in [1.165, 1.54) is 0 Å². The lowest BCUT2D eigenvalue weighted by molar-refractivity contribution is 0.481. The van der Waals surface area contributed by atoms with E-state index >= 15 is 0 Å². The molecule has 0 bridgehead atoms. The van der Waals surface area contributed by atoms with Crippen LogP contribution in [-0.4, -0.2) is 25.3 Å². The molecule has 0 rings (SSSR count). The molecule has 3 N–H and O–H groups in total. The molecular formula is C3H9N3O3S. The maximum atomic E-state index is 10.0. The van der Waals surface area contributed by atoms with Gasteiger partial charge in [-0.05, 0) is 6.42 Å². The molecule has 0 spiro atoms. The summed E-state index contributed by atoms with van der Waals surface area (Å²) in [4.78, 5) is 0. The lowest BCUT2D eigenvalue weighted by atomic mass is 10.5. The fraction of sp³-hybridized carbons (Fsp3) is 1.00. The molecule has 0 aromatic rings. The van der Waals surface area contributed by atoms with Crippen molar-refractivity contribution in [3.8, 4) is 0 Å². The van der Waals surface area contributed by atoms with Gasteiger partial charge in [0.05, 0.1) is 12.3 Å². The Balaban J connectivity index is 3.39. The summed E-state index contributed by atoms with van der Waals surface area (Å²) >= 11 is 0. The molecule has 0 aliphatic carbocycles. The second kappa shape index (κ2) is 4.18. The molecule has 0 atom stereocenters. The van der Waals surface area contributed by atoms with Crippen LogP contribution in [0.3, 0.4) is 0 Å². The summed E-state index contributed by atoms with van der Waals surface area (Å²) in [6.45, 7) is 0.219. The van der Waals surface area contributed by atoms with Gasteiger partial charge in [-0.3, -0.25) is 4.55 Å². The Morgan fingerprint density at radius 2 is 2.10 bits per heavy atom. The van der Waals surface area contributed by atoms with E-state index in [1.54, 1.807) is 0 Å². The van der Waals surface area contributed by atoms with Gasteiger partial charge in [-0.1, -0.05) is 5.22 Å². The summed E-state index contributed by atoms with van der Waals surface area (Å²) in [6, 6.07) is 0. The van der Waals surface area contributed by atoms with E-state index in [4.69, 9.17) is 4.55 Å². The SMILES string of the molecule is NN=NCCCS(=O)(=O)O. The second-order valence-corrected chi connectivity index (χ2v) is 3.19. The molecule has 10 heavy (non-hydrogen) atoms. The smallest absolute Gasteiger partial charge is 0.264 e. The van der Waals surface area contributed by atoms with Crippen molar-refractivity contribution >= 4 is 10.1 Å². The van der Waals surface area contributed by atoms with Gasteiger partial charge in [0.25, 0.3) is 10.1 Å². The first-order valence-electron chi connectivity index (χ1n) is 2.58. The number of nitrogens with zero attached hydrogens (tertiary/aromatic N) is 2. The highest BCUT2D eigenvalue weighted by atomic mass is 32.2. The predicted molar refractivity (Wildman–Crippen MR) is 34.9 cm³/mol. The van der Waals surface area contributed by atoms with Gasteiger partial charge >= 0.3 is 0 Å². The monoisotopic (exact) mass is 167 g/mol. The molecule has 0 aromatic carbocycles. The molecule has 0 amide bonds. The first kappa shape index (κ1) is 9.31. The zero-order valence-corrected chi connectivity index (χ0v) is 6.08. The normalized spacial score (nSPS) is 12.5. The summed E-state index contributed by atoms with van der Waals surface area (Å²) < 4.78 is 28.3. The fourth-order valence-electron chi connectivity index (χ4n) is 0.375. The molecule has 60 valence electrons. The summed E-state index contributed by atoms with van der Waals surface area (Å²) in [5.74, 6) is 4.33. The molecule has 0 heterocycles. The number of hydrogen-bond acceptors (Lipinski definition) is 4. The van der Waals surface area contributed by atoms with Gasteiger partial charge in [-0.25, -0.2) is 0 Å². The summed E-state index contributed by atoms with van der Waals surface area (Å²) in [7, 11) is -3.85. The molecule has 0 aliphatic heterocycles. The van der Waals surface area contributed by atoms with Crippen LogP contribution in [0.15, 0.2) is 10.3 Å². The van der Waals surface area contributed by atoms with Gasteiger partial charge in [-0.15, -0.1) is 0 Å². The molecule has 0 saturated carbocycles. The molecule has 0 radical (unpaired) electrons. The van der Waals surface area contributed by atoms with Crippen LogP contribution in [0.1, 0.15) is 6.42 Å². The van der Waals surface area contributed by atoms with Crippen LogP contribution in [0.2, 0.25) is 0 Å². The fourth-order valence-corrected chi connectivity index (χ4v) is 0.869. The lowest BCUT2D eigenvalue weighted by Gasteiger charge is -1.90. The molecule has 0 saturated heterocycles. The number of hydrogen-bond donors (Lipinski definition) is 2. The average Bonchev–Trinajstić information content (AvgIpc) is 1.78. The van der Waals surface area contributed by atoms with Crippen LogP contribution in [0.4, 0.5) is 0 Å². The minimum absolute atomic E-state index is 0.219. The molecular weight excluding hydrogens is 158 g/mol. The Labute approximate surface area is 58.9 Å². The molecule has 6 nitrogen and oxygen atoms in total. The molecule has 0 aliphatic rings. The van der Waals surface area contributed by atoms with Crippen LogP contribution in [0.25, 0.3) is 0 Å². The highest BCUT2D eigenvalue weighted by Crippen LogP contribution is 1.88. The van der Waals surface area contributed by atoms with Crippen molar-refractivity contribution in [2.75, 3.05) is 12.3 Å². The third kappa shape index (κ3) is 7.31. The van der Waals surface area contributed by atoms with Crippen molar-refractivity contribution in [2.45, 2.75) is 6.42 Å². The Hall–Kier alpha value is -0.690. The third-order valence-corrected chi connectivity index (χ3v) is 1.55. The predicted octanol–water partition coefficient (Wildman–Crippen LogP) is -0.410. The lowest BCUT2D eigenvalue weighted by Crippen LogP contribution is -2.04. The van der Waals surface area contributed by atoms with Crippen LogP contribution in [0.5, 0.6) is 0 Å². The van der Waals surface area contributed by atoms with E-state index < -0.39 is 10.1 Å². The van der Waals surface area contributed by atoms with E-state index in [9.17, 15) is 8.42 Å². The Kier molecular flexibility index (Phi) is 3.89. The van der Waals surface area contributed by atoms with Gasteiger partial charge < -0.3 is 5.84 Å². The van der Waals surface area contributed by atoms with Crippen molar-refractivity contribution in [3.05, 3.63) is 0 Å². The van der Waals surface area contributed by atoms with E-state index in [1.807, 2.05) is 0 Å². The first-order valence-corrected chi connectivity index (χ1v) is 4.19. The van der Waals surface area contributed by atoms with Gasteiger partial charge in [0, 0.05) is 0 Å². The minimum Gasteiger partial charge on any atom is -0.305 e. The van der Waals surface area contributed by atoms with E-state index in [2.05, 4.69) is 16.2 Å². The first-order chi connectivity index (χ1) is 4.56. The van der Waals surface area contributed by atoms with E-state index in [0.29, 0.717) is 0 Å². The zero-order valence-electron chi connectivity index (χ0n) is 5.27. The van der Waals surface area contributed by atoms with Gasteiger partial charge in [-0.2, -0.15) is 13.5 Å². The van der Waals surface area contributed by atoms with Crippen LogP contribution < -0.4 is 5.84 Å². The minimum atomic E-state index is -3.85. The zero-order chi connectivity index (χ0) is 8.04. The highest BCUT2D eigenvalue weighted by molar-refractivity contribution is 7.85. The molecule has 7 heteroatoms. The van der Waals surface area contributed by atoms with Gasteiger partial charge in [0.15, 0.2) is 0 Å². The highest BCUT2D eigenvalue weighted by Gasteiger charge is 2.01. The molecule has 0 fully saturated rings. The van der Waals surface area contributed by atoms with Crippen molar-refractivity contribution in [3.63, 3.8) is 0 Å². The van der Waals surface area contributed by atoms with E-state index in [-0.39, 0.29) is 18.7 Å². The number of rotatable bonds is 4. The summed E-state index contributed by atoms with van der Waals surface area (Å²) in [5.41, 5.74) is 0. The Morgan fingerprint density at radius 1 is 1.50 bits per heavy atom. The third-order valence-electron chi connectivity index (χ3n) is 0.742. The van der Waals surface area contributed by atoms with Gasteiger partial charge in [0.1, 0.15) is 0 Å². The largest absolute Gasteiger partial charge is 0.305 e. The number of nitrogens with two attached hydrogens (primary N) is 1. The van der Waals surface area contributed by atoms with Crippen molar-refractivity contribution in [2.24, 2.45) is 16.2 Å². The van der Waals surface area contributed by atoms with Crippen molar-refractivity contribution in [1.29, 1.82) is 0 Å². The van der Waals surface area contributed by atoms with Crippen LogP contribution in [0, 0.1) is 0 Å². The van der Waals surface area contributed by atoms with Crippen LogP contribution >= 0.6 is 0 Å². The molecule has 0 aromatic heterocycles. The van der Waals surface area contributed by atoms with Crippen LogP contribution in [-0.2, 0) is 10.1 Å². The Morgan fingerprint density at radius 3 is 2.50 bits per heavy atom. The quantitative estimate of drug-likeness (QED) is 0.195. The summed E-state index contributed by atoms with van der Waals surface area (Å²) in [6.07, 6.45) is 0.236. The maximum Gasteiger partial charge on any atom is 0.264 e. The van der Waals surface area contributed by atoms with Crippen molar-refractivity contribution in [1.82, 2.24) is 0 Å². The summed E-state index contributed by atoms with van der Waals surface area (Å²) in [5, 5.41) is 6.21. The van der Waals surface area contributed by atoms with E-state index in [0.717, 1.165) is 0 Å². The molecule has 0 unspecified atom stereocenters. The average molecular weight is 167 g/mol.